The van der Waals surface area contributed by atoms with Gasteiger partial charge in [0.25, 0.3) is 0 Å². The van der Waals surface area contributed by atoms with Crippen LogP contribution >= 0.6 is 0 Å². The molecular formula is C14H23N3OS. The molecule has 1 N–H and O–H groups in total. The van der Waals surface area contributed by atoms with E-state index in [9.17, 15) is 4.21 Å². The molecule has 0 radical (unpaired) electrons. The van der Waals surface area contributed by atoms with Crippen molar-refractivity contribution in [1.82, 2.24) is 14.9 Å². The number of nitrogens with one attached hydrogen (secondary N) is 1. The van der Waals surface area contributed by atoms with E-state index in [1.807, 2.05) is 0 Å². The third-order valence-corrected chi connectivity index (χ3v) is 4.97. The fourth-order valence-electron chi connectivity index (χ4n) is 2.94. The van der Waals surface area contributed by atoms with Crippen molar-refractivity contribution in [2.45, 2.75) is 51.1 Å². The molecule has 1 aromatic rings. The number of aromatic nitrogens is 2. The first kappa shape index (κ1) is 13.3. The van der Waals surface area contributed by atoms with Crippen LogP contribution in [-0.2, 0) is 23.8 Å². The van der Waals surface area contributed by atoms with Crippen LogP contribution in [-0.4, -0.2) is 32.3 Å². The summed E-state index contributed by atoms with van der Waals surface area (Å²) in [4.78, 5) is 4.89. The largest absolute Gasteiger partial charge is 0.329 e. The van der Waals surface area contributed by atoms with Crippen LogP contribution in [0.5, 0.6) is 0 Å². The lowest BCUT2D eigenvalue weighted by molar-refractivity contribution is 0.482. The highest BCUT2D eigenvalue weighted by Crippen LogP contribution is 2.42. The molecule has 19 heavy (non-hydrogen) atoms. The quantitative estimate of drug-likeness (QED) is 0.894. The van der Waals surface area contributed by atoms with Crippen molar-refractivity contribution in [3.05, 3.63) is 17.2 Å². The van der Waals surface area contributed by atoms with Crippen LogP contribution in [0.1, 0.15) is 55.4 Å². The first-order chi connectivity index (χ1) is 9.16. The Morgan fingerprint density at radius 2 is 2.32 bits per heavy atom. The van der Waals surface area contributed by atoms with Gasteiger partial charge in [-0.25, -0.2) is 4.98 Å². The van der Waals surface area contributed by atoms with Crippen molar-refractivity contribution in [3.63, 3.8) is 0 Å². The molecule has 1 aliphatic carbocycles. The van der Waals surface area contributed by atoms with Crippen molar-refractivity contribution >= 4 is 10.8 Å². The number of nitrogens with zero attached hydrogens (tertiary/aromatic N) is 2. The van der Waals surface area contributed by atoms with Gasteiger partial charge in [-0.1, -0.05) is 0 Å². The second kappa shape index (κ2) is 5.37. The van der Waals surface area contributed by atoms with Gasteiger partial charge in [0, 0.05) is 60.0 Å². The van der Waals surface area contributed by atoms with E-state index in [0.29, 0.717) is 12.0 Å². The zero-order valence-electron chi connectivity index (χ0n) is 11.8. The average molecular weight is 281 g/mol. The van der Waals surface area contributed by atoms with Crippen LogP contribution in [0.2, 0.25) is 0 Å². The molecule has 2 aliphatic rings. The second-order valence-corrected chi connectivity index (χ2v) is 7.40. The minimum Gasteiger partial charge on any atom is -0.329 e. The molecule has 106 valence electrons. The molecule has 0 bridgehead atoms. The van der Waals surface area contributed by atoms with Crippen LogP contribution in [0.25, 0.3) is 0 Å². The molecule has 2 heterocycles. The zero-order chi connectivity index (χ0) is 13.4. The lowest BCUT2D eigenvalue weighted by Crippen LogP contribution is -2.26. The molecule has 0 amide bonds. The van der Waals surface area contributed by atoms with Crippen LogP contribution in [0, 0.1) is 0 Å². The van der Waals surface area contributed by atoms with E-state index in [-0.39, 0.29) is 0 Å². The van der Waals surface area contributed by atoms with Gasteiger partial charge in [-0.2, -0.15) is 0 Å². The van der Waals surface area contributed by atoms with E-state index < -0.39 is 10.8 Å². The molecule has 5 heteroatoms. The average Bonchev–Trinajstić information content (AvgIpc) is 3.16. The van der Waals surface area contributed by atoms with Gasteiger partial charge in [0.1, 0.15) is 5.82 Å². The van der Waals surface area contributed by atoms with Gasteiger partial charge in [0.05, 0.1) is 5.69 Å². The first-order valence-electron chi connectivity index (χ1n) is 7.27. The fourth-order valence-corrected chi connectivity index (χ4v) is 3.61. The van der Waals surface area contributed by atoms with Crippen molar-refractivity contribution in [2.75, 3.05) is 18.6 Å². The predicted octanol–water partition coefficient (Wildman–Crippen LogP) is 1.74. The van der Waals surface area contributed by atoms with E-state index in [2.05, 4.69) is 16.8 Å². The Morgan fingerprint density at radius 1 is 1.53 bits per heavy atom. The third kappa shape index (κ3) is 2.77. The Labute approximate surface area is 117 Å². The SMILES string of the molecule is CC(CCS(C)=O)n1c(C2CC2)nc2c1CCNC2. The summed E-state index contributed by atoms with van der Waals surface area (Å²) in [6.07, 6.45) is 6.43. The highest BCUT2D eigenvalue weighted by atomic mass is 32.2. The number of imidazole rings is 1. The smallest absolute Gasteiger partial charge is 0.112 e. The summed E-state index contributed by atoms with van der Waals surface area (Å²) >= 11 is 0. The van der Waals surface area contributed by atoms with Gasteiger partial charge < -0.3 is 9.88 Å². The first-order valence-corrected chi connectivity index (χ1v) is 9.00. The second-order valence-electron chi connectivity index (χ2n) is 5.85. The molecule has 2 unspecified atom stereocenters. The molecule has 1 aromatic heterocycles. The van der Waals surface area contributed by atoms with Gasteiger partial charge in [-0.05, 0) is 26.2 Å². The molecule has 0 aromatic carbocycles. The van der Waals surface area contributed by atoms with Gasteiger partial charge in [-0.15, -0.1) is 0 Å². The molecule has 3 rings (SSSR count). The van der Waals surface area contributed by atoms with Crippen molar-refractivity contribution in [2.24, 2.45) is 0 Å². The van der Waals surface area contributed by atoms with Crippen LogP contribution in [0.3, 0.4) is 0 Å². The Kier molecular flexibility index (Phi) is 3.76. The zero-order valence-corrected chi connectivity index (χ0v) is 12.6. The van der Waals surface area contributed by atoms with E-state index in [1.54, 1.807) is 6.26 Å². The summed E-state index contributed by atoms with van der Waals surface area (Å²) in [6.45, 7) is 4.21. The number of hydrogen-bond donors (Lipinski definition) is 1. The minimum atomic E-state index is -0.697. The molecule has 1 saturated carbocycles. The summed E-state index contributed by atoms with van der Waals surface area (Å²) in [6, 6.07) is 0.425. The van der Waals surface area contributed by atoms with Crippen molar-refractivity contribution < 1.29 is 4.21 Å². The monoisotopic (exact) mass is 281 g/mol. The molecule has 0 spiro atoms. The summed E-state index contributed by atoms with van der Waals surface area (Å²) < 4.78 is 13.8. The molecule has 1 aliphatic heterocycles. The molecule has 1 fully saturated rings. The maximum Gasteiger partial charge on any atom is 0.112 e. The van der Waals surface area contributed by atoms with Crippen molar-refractivity contribution in [3.8, 4) is 0 Å². The lowest BCUT2D eigenvalue weighted by Gasteiger charge is -2.21. The maximum absolute atomic E-state index is 11.3. The van der Waals surface area contributed by atoms with E-state index in [0.717, 1.165) is 31.7 Å². The maximum atomic E-state index is 11.3. The number of fused-ring (bicyclic) bond motifs is 1. The summed E-state index contributed by atoms with van der Waals surface area (Å²) in [5, 5.41) is 3.41. The van der Waals surface area contributed by atoms with Gasteiger partial charge in [0.15, 0.2) is 0 Å². The number of rotatable bonds is 5. The Bertz CT molecular complexity index is 493. The minimum absolute atomic E-state index is 0.425. The summed E-state index contributed by atoms with van der Waals surface area (Å²) in [5.74, 6) is 2.76. The highest BCUT2D eigenvalue weighted by molar-refractivity contribution is 7.84. The van der Waals surface area contributed by atoms with E-state index in [4.69, 9.17) is 4.98 Å². The Morgan fingerprint density at radius 3 is 3.00 bits per heavy atom. The van der Waals surface area contributed by atoms with Gasteiger partial charge in [-0.3, -0.25) is 4.21 Å². The van der Waals surface area contributed by atoms with Gasteiger partial charge in [0.2, 0.25) is 0 Å². The van der Waals surface area contributed by atoms with E-state index >= 15 is 0 Å². The lowest BCUT2D eigenvalue weighted by atomic mass is 10.1. The Hall–Kier alpha value is -0.680. The van der Waals surface area contributed by atoms with E-state index in [1.165, 1.54) is 30.1 Å². The predicted molar refractivity (Wildman–Crippen MR) is 77.9 cm³/mol. The molecular weight excluding hydrogens is 258 g/mol. The standard InChI is InChI=1S/C14H23N3OS/c1-10(6-8-19(2)18)17-13-5-7-15-9-12(13)16-14(17)11-3-4-11/h10-11,15H,3-9H2,1-2H3. The molecule has 4 nitrogen and oxygen atoms in total. The summed E-state index contributed by atoms with van der Waals surface area (Å²) in [7, 11) is -0.697. The van der Waals surface area contributed by atoms with Crippen LogP contribution < -0.4 is 5.32 Å². The fraction of sp³-hybridized carbons (Fsp3) is 0.786. The van der Waals surface area contributed by atoms with Crippen molar-refractivity contribution in [1.29, 1.82) is 0 Å². The molecule has 0 saturated heterocycles. The van der Waals surface area contributed by atoms with Gasteiger partial charge >= 0.3 is 0 Å². The normalized spacial score (nSPS) is 22.0. The topological polar surface area (TPSA) is 46.9 Å². The van der Waals surface area contributed by atoms with Crippen LogP contribution in [0.4, 0.5) is 0 Å². The number of hydrogen-bond acceptors (Lipinski definition) is 3. The highest BCUT2D eigenvalue weighted by Gasteiger charge is 2.33. The Balaban J connectivity index is 1.88. The third-order valence-electron chi connectivity index (χ3n) is 4.16. The molecule has 2 atom stereocenters. The van der Waals surface area contributed by atoms with Crippen LogP contribution in [0.15, 0.2) is 0 Å². The summed E-state index contributed by atoms with van der Waals surface area (Å²) in [5.41, 5.74) is 2.67.